The van der Waals surface area contributed by atoms with Gasteiger partial charge in [0, 0.05) is 13.0 Å². The fourth-order valence-corrected chi connectivity index (χ4v) is 1.26. The molecule has 0 spiro atoms. The molecule has 0 aromatic carbocycles. The summed E-state index contributed by atoms with van der Waals surface area (Å²) in [5, 5.41) is 5.06. The van der Waals surface area contributed by atoms with Gasteiger partial charge in [0.05, 0.1) is 5.92 Å². The Bertz CT molecular complexity index is 312. The standard InChI is InChI=1S/C9H15N3O3/c1-9(2,8(10)15)12-7(14)5-3-6(13)11-4-5/h5H,3-4H2,1-2H3,(H2,10,15)(H,11,13)(H,12,14). The Morgan fingerprint density at radius 1 is 1.53 bits per heavy atom. The van der Waals surface area contributed by atoms with Crippen LogP contribution in [0.2, 0.25) is 0 Å². The topological polar surface area (TPSA) is 101 Å². The van der Waals surface area contributed by atoms with Crippen LogP contribution in [0, 0.1) is 5.92 Å². The van der Waals surface area contributed by atoms with Gasteiger partial charge in [0.25, 0.3) is 0 Å². The summed E-state index contributed by atoms with van der Waals surface area (Å²) < 4.78 is 0. The Hall–Kier alpha value is -1.59. The van der Waals surface area contributed by atoms with Crippen LogP contribution in [-0.4, -0.2) is 29.8 Å². The van der Waals surface area contributed by atoms with Gasteiger partial charge in [-0.05, 0) is 13.8 Å². The highest BCUT2D eigenvalue weighted by Crippen LogP contribution is 2.11. The maximum atomic E-state index is 11.6. The number of primary amides is 1. The SMILES string of the molecule is CC(C)(NC(=O)C1CNC(=O)C1)C(N)=O. The van der Waals surface area contributed by atoms with Crippen molar-refractivity contribution in [2.45, 2.75) is 25.8 Å². The van der Waals surface area contributed by atoms with Crippen molar-refractivity contribution in [2.75, 3.05) is 6.54 Å². The van der Waals surface area contributed by atoms with E-state index in [9.17, 15) is 14.4 Å². The van der Waals surface area contributed by atoms with Crippen molar-refractivity contribution in [3.8, 4) is 0 Å². The molecule has 84 valence electrons. The van der Waals surface area contributed by atoms with Crippen LogP contribution in [0.1, 0.15) is 20.3 Å². The minimum absolute atomic E-state index is 0.146. The van der Waals surface area contributed by atoms with E-state index in [1.54, 1.807) is 0 Å². The van der Waals surface area contributed by atoms with Crippen molar-refractivity contribution >= 4 is 17.7 Å². The van der Waals surface area contributed by atoms with Gasteiger partial charge >= 0.3 is 0 Å². The van der Waals surface area contributed by atoms with Crippen molar-refractivity contribution in [2.24, 2.45) is 11.7 Å². The van der Waals surface area contributed by atoms with E-state index in [0.717, 1.165) is 0 Å². The number of amides is 3. The monoisotopic (exact) mass is 213 g/mol. The molecular formula is C9H15N3O3. The lowest BCUT2D eigenvalue weighted by atomic mass is 10.0. The molecule has 0 radical (unpaired) electrons. The molecule has 0 aliphatic carbocycles. The first-order valence-corrected chi connectivity index (χ1v) is 4.71. The Labute approximate surface area is 87.6 Å². The molecule has 1 aliphatic heterocycles. The van der Waals surface area contributed by atoms with E-state index in [4.69, 9.17) is 5.73 Å². The molecule has 15 heavy (non-hydrogen) atoms. The van der Waals surface area contributed by atoms with Crippen LogP contribution in [0.3, 0.4) is 0 Å². The number of nitrogens with one attached hydrogen (secondary N) is 2. The lowest BCUT2D eigenvalue weighted by Gasteiger charge is -2.23. The Morgan fingerprint density at radius 2 is 2.13 bits per heavy atom. The van der Waals surface area contributed by atoms with Crippen LogP contribution < -0.4 is 16.4 Å². The zero-order valence-corrected chi connectivity index (χ0v) is 8.79. The van der Waals surface area contributed by atoms with E-state index in [-0.39, 0.29) is 18.2 Å². The molecule has 0 aromatic rings. The second kappa shape index (κ2) is 3.88. The molecule has 1 unspecified atom stereocenters. The number of hydrogen-bond donors (Lipinski definition) is 3. The molecule has 1 fully saturated rings. The summed E-state index contributed by atoms with van der Waals surface area (Å²) >= 11 is 0. The van der Waals surface area contributed by atoms with Gasteiger partial charge in [0.2, 0.25) is 17.7 Å². The van der Waals surface area contributed by atoms with Crippen molar-refractivity contribution < 1.29 is 14.4 Å². The fourth-order valence-electron chi connectivity index (χ4n) is 1.26. The average molecular weight is 213 g/mol. The quantitative estimate of drug-likeness (QED) is 0.532. The van der Waals surface area contributed by atoms with Crippen LogP contribution in [-0.2, 0) is 14.4 Å². The zero-order chi connectivity index (χ0) is 11.6. The van der Waals surface area contributed by atoms with E-state index in [0.29, 0.717) is 6.54 Å². The lowest BCUT2D eigenvalue weighted by Crippen LogP contribution is -2.54. The molecule has 1 rings (SSSR count). The molecule has 1 heterocycles. The van der Waals surface area contributed by atoms with Crippen molar-refractivity contribution in [1.29, 1.82) is 0 Å². The summed E-state index contributed by atoms with van der Waals surface area (Å²) in [6, 6.07) is 0. The predicted octanol–water partition coefficient (Wildman–Crippen LogP) is -1.50. The van der Waals surface area contributed by atoms with Crippen molar-refractivity contribution in [1.82, 2.24) is 10.6 Å². The van der Waals surface area contributed by atoms with Crippen molar-refractivity contribution in [3.05, 3.63) is 0 Å². The van der Waals surface area contributed by atoms with Gasteiger partial charge < -0.3 is 16.4 Å². The van der Waals surface area contributed by atoms with Crippen LogP contribution in [0.4, 0.5) is 0 Å². The fraction of sp³-hybridized carbons (Fsp3) is 0.667. The first kappa shape index (κ1) is 11.5. The molecule has 1 aliphatic rings. The molecule has 0 bridgehead atoms. The highest BCUT2D eigenvalue weighted by molar-refractivity contribution is 5.93. The normalized spacial score (nSPS) is 20.9. The number of carbonyl (C=O) groups excluding carboxylic acids is 3. The van der Waals surface area contributed by atoms with Crippen LogP contribution in [0.5, 0.6) is 0 Å². The average Bonchev–Trinajstić information content (AvgIpc) is 2.50. The van der Waals surface area contributed by atoms with Gasteiger partial charge in [-0.25, -0.2) is 0 Å². The van der Waals surface area contributed by atoms with Gasteiger partial charge in [-0.3, -0.25) is 14.4 Å². The van der Waals surface area contributed by atoms with Gasteiger partial charge in [-0.15, -0.1) is 0 Å². The highest BCUT2D eigenvalue weighted by atomic mass is 16.2. The van der Waals surface area contributed by atoms with E-state index in [1.165, 1.54) is 13.8 Å². The molecule has 3 amide bonds. The van der Waals surface area contributed by atoms with Crippen LogP contribution in [0.25, 0.3) is 0 Å². The second-order valence-electron chi connectivity index (χ2n) is 4.18. The zero-order valence-electron chi connectivity index (χ0n) is 8.79. The second-order valence-corrected chi connectivity index (χ2v) is 4.18. The summed E-state index contributed by atoms with van der Waals surface area (Å²) in [6.07, 6.45) is 0.167. The molecule has 6 nitrogen and oxygen atoms in total. The Kier molecular flexibility index (Phi) is 2.97. The smallest absolute Gasteiger partial charge is 0.242 e. The molecule has 0 aromatic heterocycles. The minimum atomic E-state index is -1.08. The summed E-state index contributed by atoms with van der Waals surface area (Å²) in [5.74, 6) is -1.48. The van der Waals surface area contributed by atoms with E-state index in [2.05, 4.69) is 10.6 Å². The summed E-state index contributed by atoms with van der Waals surface area (Å²) in [5.41, 5.74) is 4.03. The maximum absolute atomic E-state index is 11.6. The Balaban J connectivity index is 2.56. The van der Waals surface area contributed by atoms with E-state index < -0.39 is 17.4 Å². The minimum Gasteiger partial charge on any atom is -0.368 e. The number of carbonyl (C=O) groups is 3. The predicted molar refractivity (Wildman–Crippen MR) is 52.5 cm³/mol. The van der Waals surface area contributed by atoms with Crippen LogP contribution >= 0.6 is 0 Å². The largest absolute Gasteiger partial charge is 0.368 e. The molecule has 0 saturated carbocycles. The summed E-state index contributed by atoms with van der Waals surface area (Å²) in [7, 11) is 0. The number of nitrogens with two attached hydrogens (primary N) is 1. The van der Waals surface area contributed by atoms with Crippen LogP contribution in [0.15, 0.2) is 0 Å². The van der Waals surface area contributed by atoms with E-state index in [1.807, 2.05) is 0 Å². The number of rotatable bonds is 3. The summed E-state index contributed by atoms with van der Waals surface area (Å²) in [4.78, 5) is 33.4. The molecular weight excluding hydrogens is 198 g/mol. The third-order valence-electron chi connectivity index (χ3n) is 2.40. The molecule has 4 N–H and O–H groups in total. The number of hydrogen-bond acceptors (Lipinski definition) is 3. The van der Waals surface area contributed by atoms with E-state index >= 15 is 0 Å². The van der Waals surface area contributed by atoms with Gasteiger partial charge in [-0.2, -0.15) is 0 Å². The molecule has 1 atom stereocenters. The Morgan fingerprint density at radius 3 is 2.53 bits per heavy atom. The molecule has 6 heteroatoms. The maximum Gasteiger partial charge on any atom is 0.242 e. The first-order chi connectivity index (χ1) is 6.83. The highest BCUT2D eigenvalue weighted by Gasteiger charge is 2.33. The first-order valence-electron chi connectivity index (χ1n) is 4.71. The van der Waals surface area contributed by atoms with Gasteiger partial charge in [0.15, 0.2) is 0 Å². The molecule has 1 saturated heterocycles. The van der Waals surface area contributed by atoms with Gasteiger partial charge in [-0.1, -0.05) is 0 Å². The van der Waals surface area contributed by atoms with Gasteiger partial charge in [0.1, 0.15) is 5.54 Å². The lowest BCUT2D eigenvalue weighted by molar-refractivity contribution is -0.132. The third-order valence-corrected chi connectivity index (χ3v) is 2.40. The third kappa shape index (κ3) is 2.68. The van der Waals surface area contributed by atoms with Crippen molar-refractivity contribution in [3.63, 3.8) is 0 Å². The summed E-state index contributed by atoms with van der Waals surface area (Å²) in [6.45, 7) is 3.37.